The quantitative estimate of drug-likeness (QED) is 0.539. The Kier molecular flexibility index (Phi) is 8.12. The zero-order chi connectivity index (χ0) is 25.1. The van der Waals surface area contributed by atoms with Gasteiger partial charge in [0.1, 0.15) is 11.7 Å². The molecule has 0 spiro atoms. The van der Waals surface area contributed by atoms with Crippen molar-refractivity contribution in [2.24, 2.45) is 5.92 Å². The van der Waals surface area contributed by atoms with Crippen LogP contribution >= 0.6 is 11.6 Å². The summed E-state index contributed by atoms with van der Waals surface area (Å²) in [5.74, 6) is -0.0204. The molecule has 1 saturated carbocycles. The monoisotopic (exact) mass is 501 g/mol. The Morgan fingerprint density at radius 2 is 1.91 bits per heavy atom. The minimum atomic E-state index is -0.509. The zero-order valence-electron chi connectivity index (χ0n) is 20.8. The molecule has 4 rings (SSSR count). The fourth-order valence-electron chi connectivity index (χ4n) is 5.54. The van der Waals surface area contributed by atoms with Crippen molar-refractivity contribution in [2.75, 3.05) is 13.6 Å². The normalized spacial score (nSPS) is 20.7. The van der Waals surface area contributed by atoms with E-state index in [1.54, 1.807) is 26.2 Å². The van der Waals surface area contributed by atoms with Crippen LogP contribution in [0.3, 0.4) is 0 Å². The van der Waals surface area contributed by atoms with E-state index < -0.39 is 6.04 Å². The molecule has 3 atom stereocenters. The van der Waals surface area contributed by atoms with Gasteiger partial charge in [0, 0.05) is 42.5 Å². The number of amides is 2. The number of Topliss-reactive ketones (excluding diaryl/α,β-unsaturated/α-hetero) is 1. The van der Waals surface area contributed by atoms with E-state index in [2.05, 4.69) is 15.6 Å². The molecule has 0 radical (unpaired) electrons. The highest BCUT2D eigenvalue weighted by Crippen LogP contribution is 2.31. The number of fused-ring (bicyclic) bond motifs is 1. The van der Waals surface area contributed by atoms with E-state index in [-0.39, 0.29) is 35.6 Å². The highest BCUT2D eigenvalue weighted by molar-refractivity contribution is 6.31. The maximum absolute atomic E-state index is 13.9. The minimum absolute atomic E-state index is 0.00955. The molecule has 1 aliphatic heterocycles. The molecule has 3 heterocycles. The molecule has 8 nitrogen and oxygen atoms in total. The van der Waals surface area contributed by atoms with Gasteiger partial charge in [0.15, 0.2) is 5.78 Å². The van der Waals surface area contributed by atoms with Gasteiger partial charge in [-0.1, -0.05) is 30.9 Å². The molecule has 2 aromatic rings. The van der Waals surface area contributed by atoms with Crippen LogP contribution in [-0.4, -0.2) is 63.8 Å². The maximum Gasteiger partial charge on any atom is 0.245 e. The highest BCUT2D eigenvalue weighted by Gasteiger charge is 2.39. The fraction of sp³-hybridized carbons (Fsp3) is 0.615. The van der Waals surface area contributed by atoms with Crippen LogP contribution in [0, 0.1) is 5.92 Å². The van der Waals surface area contributed by atoms with Crippen molar-refractivity contribution in [3.63, 3.8) is 0 Å². The van der Waals surface area contributed by atoms with Gasteiger partial charge >= 0.3 is 0 Å². The summed E-state index contributed by atoms with van der Waals surface area (Å²) < 4.78 is 1.97. The van der Waals surface area contributed by atoms with Gasteiger partial charge in [-0.15, -0.1) is 0 Å². The number of nitrogens with zero attached hydrogens (tertiary/aromatic N) is 3. The van der Waals surface area contributed by atoms with Crippen LogP contribution in [0.25, 0.3) is 11.0 Å². The third kappa shape index (κ3) is 5.54. The molecular weight excluding hydrogens is 466 g/mol. The van der Waals surface area contributed by atoms with E-state index in [0.29, 0.717) is 29.3 Å². The number of aromatic nitrogens is 2. The molecule has 2 aromatic heterocycles. The fourth-order valence-corrected chi connectivity index (χ4v) is 5.70. The van der Waals surface area contributed by atoms with Gasteiger partial charge in [-0.3, -0.25) is 14.4 Å². The lowest BCUT2D eigenvalue weighted by Crippen LogP contribution is -2.56. The van der Waals surface area contributed by atoms with Crippen molar-refractivity contribution in [1.82, 2.24) is 25.1 Å². The second-order valence-corrected chi connectivity index (χ2v) is 10.4. The summed E-state index contributed by atoms with van der Waals surface area (Å²) >= 11 is 6.15. The summed E-state index contributed by atoms with van der Waals surface area (Å²) in [6.07, 6.45) is 10.5. The van der Waals surface area contributed by atoms with Crippen molar-refractivity contribution in [3.8, 4) is 0 Å². The van der Waals surface area contributed by atoms with Crippen LogP contribution < -0.4 is 10.6 Å². The van der Waals surface area contributed by atoms with Crippen LogP contribution in [0.4, 0.5) is 0 Å². The number of carbonyl (C=O) groups is 3. The van der Waals surface area contributed by atoms with E-state index in [1.807, 2.05) is 15.7 Å². The first-order valence-electron chi connectivity index (χ1n) is 12.7. The van der Waals surface area contributed by atoms with Crippen LogP contribution in [0.1, 0.15) is 69.2 Å². The van der Waals surface area contributed by atoms with Gasteiger partial charge in [0.05, 0.1) is 11.1 Å². The largest absolute Gasteiger partial charge is 0.343 e. The number of ketones is 1. The summed E-state index contributed by atoms with van der Waals surface area (Å²) in [5, 5.41) is 7.27. The third-order valence-electron chi connectivity index (χ3n) is 7.64. The molecule has 190 valence electrons. The number of likely N-dealkylation sites (tertiary alicyclic amines) is 1. The standard InChI is InChI=1S/C26H36ClN5O3/c1-16(28-3)25(34)30-23(18-8-5-4-6-9-18)26(35)32-11-7-10-20(32)14-31-15-22(17(2)33)21-12-19(27)13-29-24(21)31/h12-13,15-16,18,20,23,28H,4-11,14H2,1-3H3,(H,30,34)/t16-,20-,23-/m0/s1. The first-order chi connectivity index (χ1) is 16.8. The van der Waals surface area contributed by atoms with Crippen molar-refractivity contribution in [3.05, 3.63) is 29.0 Å². The molecule has 2 amide bonds. The Balaban J connectivity index is 1.58. The van der Waals surface area contributed by atoms with Gasteiger partial charge in [-0.05, 0) is 58.6 Å². The summed E-state index contributed by atoms with van der Waals surface area (Å²) in [6, 6.07) is 0.870. The van der Waals surface area contributed by atoms with E-state index in [4.69, 9.17) is 11.6 Å². The lowest BCUT2D eigenvalue weighted by atomic mass is 9.83. The second-order valence-electron chi connectivity index (χ2n) is 10.00. The van der Waals surface area contributed by atoms with Gasteiger partial charge < -0.3 is 20.1 Å². The van der Waals surface area contributed by atoms with Crippen LogP contribution in [-0.2, 0) is 16.1 Å². The third-order valence-corrected chi connectivity index (χ3v) is 7.85. The SMILES string of the molecule is CN[C@@H](C)C(=O)N[C@H](C(=O)N1CCC[C@H]1Cn1cc(C(C)=O)c2cc(Cl)cnc21)C1CCCCC1. The number of nitrogens with one attached hydrogen (secondary N) is 2. The van der Waals surface area contributed by atoms with Crippen LogP contribution in [0.5, 0.6) is 0 Å². The summed E-state index contributed by atoms with van der Waals surface area (Å²) in [5.41, 5.74) is 1.28. The van der Waals surface area contributed by atoms with E-state index in [9.17, 15) is 14.4 Å². The topological polar surface area (TPSA) is 96.3 Å². The van der Waals surface area contributed by atoms with Crippen molar-refractivity contribution < 1.29 is 14.4 Å². The van der Waals surface area contributed by atoms with E-state index >= 15 is 0 Å². The summed E-state index contributed by atoms with van der Waals surface area (Å²) in [4.78, 5) is 45.3. The predicted molar refractivity (Wildman–Crippen MR) is 137 cm³/mol. The Bertz CT molecular complexity index is 1090. The highest BCUT2D eigenvalue weighted by atomic mass is 35.5. The predicted octanol–water partition coefficient (Wildman–Crippen LogP) is 3.56. The molecule has 2 fully saturated rings. The molecular formula is C26H36ClN5O3. The number of hydrogen-bond acceptors (Lipinski definition) is 5. The molecule has 2 N–H and O–H groups in total. The molecule has 0 bridgehead atoms. The molecule has 35 heavy (non-hydrogen) atoms. The minimum Gasteiger partial charge on any atom is -0.343 e. The lowest BCUT2D eigenvalue weighted by molar-refractivity contribution is -0.139. The Labute approximate surface area is 211 Å². The number of carbonyl (C=O) groups excluding carboxylic acids is 3. The van der Waals surface area contributed by atoms with Gasteiger partial charge in [0.2, 0.25) is 11.8 Å². The summed E-state index contributed by atoms with van der Waals surface area (Å²) in [7, 11) is 1.75. The second kappa shape index (κ2) is 11.1. The average molecular weight is 502 g/mol. The smallest absolute Gasteiger partial charge is 0.245 e. The van der Waals surface area contributed by atoms with Crippen LogP contribution in [0.15, 0.2) is 18.5 Å². The van der Waals surface area contributed by atoms with E-state index in [1.165, 1.54) is 13.3 Å². The number of hydrogen-bond donors (Lipinski definition) is 2. The number of halogens is 1. The molecule has 9 heteroatoms. The molecule has 1 saturated heterocycles. The first-order valence-corrected chi connectivity index (χ1v) is 13.1. The number of pyridine rings is 1. The molecule has 2 aliphatic rings. The van der Waals surface area contributed by atoms with Crippen molar-refractivity contribution in [1.29, 1.82) is 0 Å². The Morgan fingerprint density at radius 3 is 2.60 bits per heavy atom. The van der Waals surface area contributed by atoms with Crippen molar-refractivity contribution >= 4 is 40.2 Å². The average Bonchev–Trinajstić information content (AvgIpc) is 3.46. The Hall–Kier alpha value is -2.45. The molecule has 0 unspecified atom stereocenters. The van der Waals surface area contributed by atoms with Crippen LogP contribution in [0.2, 0.25) is 5.02 Å². The summed E-state index contributed by atoms with van der Waals surface area (Å²) in [6.45, 7) is 4.55. The lowest BCUT2D eigenvalue weighted by Gasteiger charge is -2.35. The van der Waals surface area contributed by atoms with Gasteiger partial charge in [-0.2, -0.15) is 0 Å². The molecule has 0 aromatic carbocycles. The van der Waals surface area contributed by atoms with Gasteiger partial charge in [0.25, 0.3) is 0 Å². The first kappa shape index (κ1) is 25.6. The Morgan fingerprint density at radius 1 is 1.17 bits per heavy atom. The zero-order valence-corrected chi connectivity index (χ0v) is 21.6. The number of rotatable bonds is 8. The van der Waals surface area contributed by atoms with Gasteiger partial charge in [-0.25, -0.2) is 4.98 Å². The van der Waals surface area contributed by atoms with Crippen molar-refractivity contribution in [2.45, 2.75) is 83.5 Å². The number of likely N-dealkylation sites (N-methyl/N-ethyl adjacent to an activating group) is 1. The molecule has 1 aliphatic carbocycles. The van der Waals surface area contributed by atoms with E-state index in [0.717, 1.165) is 43.9 Å². The maximum atomic E-state index is 13.9.